The van der Waals surface area contributed by atoms with Crippen molar-refractivity contribution in [1.29, 1.82) is 0 Å². The summed E-state index contributed by atoms with van der Waals surface area (Å²) in [6.07, 6.45) is 4.86. The molecule has 0 radical (unpaired) electrons. The second kappa shape index (κ2) is 5.30. The van der Waals surface area contributed by atoms with Gasteiger partial charge in [0.15, 0.2) is 0 Å². The van der Waals surface area contributed by atoms with Crippen LogP contribution in [0.1, 0.15) is 44.5 Å². The number of rotatable bonds is 3. The largest absolute Gasteiger partial charge is 0.342 e. The summed E-state index contributed by atoms with van der Waals surface area (Å²) in [5, 5.41) is 7.45. The maximum atomic E-state index is 5.32. The second-order valence-electron chi connectivity index (χ2n) is 4.30. The van der Waals surface area contributed by atoms with Crippen LogP contribution in [-0.4, -0.2) is 30.3 Å². The summed E-state index contributed by atoms with van der Waals surface area (Å²) in [6.45, 7) is 4.00. The zero-order valence-electron chi connectivity index (χ0n) is 10.1. The van der Waals surface area contributed by atoms with Crippen molar-refractivity contribution >= 4 is 5.95 Å². The Hall–Kier alpha value is -1.10. The number of hydrogen-bond acceptors (Lipinski definition) is 5. The summed E-state index contributed by atoms with van der Waals surface area (Å²) < 4.78 is 5.32. The van der Waals surface area contributed by atoms with E-state index in [1.54, 1.807) is 0 Å². The van der Waals surface area contributed by atoms with Crippen LogP contribution in [0.2, 0.25) is 0 Å². The first-order valence-corrected chi connectivity index (χ1v) is 6.09. The Balaban J connectivity index is 2.05. The molecule has 5 nitrogen and oxygen atoms in total. The van der Waals surface area contributed by atoms with Crippen molar-refractivity contribution in [2.24, 2.45) is 0 Å². The lowest BCUT2D eigenvalue weighted by Crippen LogP contribution is -2.21. The van der Waals surface area contributed by atoms with Crippen molar-refractivity contribution in [2.45, 2.75) is 38.6 Å². The maximum Gasteiger partial charge on any atom is 0.265 e. The first-order chi connectivity index (χ1) is 7.81. The van der Waals surface area contributed by atoms with E-state index in [0.717, 1.165) is 25.4 Å². The molecule has 0 aromatic carbocycles. The fourth-order valence-corrected chi connectivity index (χ4v) is 1.90. The molecule has 0 bridgehead atoms. The summed E-state index contributed by atoms with van der Waals surface area (Å²) in [4.78, 5) is 6.41. The van der Waals surface area contributed by atoms with Gasteiger partial charge in [0, 0.05) is 13.6 Å². The van der Waals surface area contributed by atoms with E-state index in [4.69, 9.17) is 4.52 Å². The highest BCUT2D eigenvalue weighted by molar-refractivity contribution is 5.25. The molecule has 1 N–H and O–H groups in total. The lowest BCUT2D eigenvalue weighted by atomic mass is 10.1. The number of anilines is 1. The monoisotopic (exact) mass is 224 g/mol. The van der Waals surface area contributed by atoms with E-state index >= 15 is 0 Å². The van der Waals surface area contributed by atoms with Crippen molar-refractivity contribution in [3.63, 3.8) is 0 Å². The molecule has 2 rings (SSSR count). The summed E-state index contributed by atoms with van der Waals surface area (Å²) >= 11 is 0. The molecule has 1 saturated heterocycles. The van der Waals surface area contributed by atoms with Crippen molar-refractivity contribution in [3.05, 3.63) is 5.89 Å². The van der Waals surface area contributed by atoms with Gasteiger partial charge >= 0.3 is 0 Å². The molecule has 1 atom stereocenters. The molecule has 0 spiro atoms. The van der Waals surface area contributed by atoms with Crippen LogP contribution in [-0.2, 0) is 0 Å². The molecule has 16 heavy (non-hydrogen) atoms. The molecule has 2 heterocycles. The van der Waals surface area contributed by atoms with Gasteiger partial charge < -0.3 is 14.7 Å². The molecule has 1 aromatic heterocycles. The van der Waals surface area contributed by atoms with E-state index in [1.165, 1.54) is 19.3 Å². The minimum absolute atomic E-state index is 0.244. The number of aromatic nitrogens is 2. The van der Waals surface area contributed by atoms with Crippen LogP contribution in [0.5, 0.6) is 0 Å². The molecule has 5 heteroatoms. The molecule has 0 aliphatic carbocycles. The second-order valence-corrected chi connectivity index (χ2v) is 4.30. The van der Waals surface area contributed by atoms with Gasteiger partial charge in [0.25, 0.3) is 5.95 Å². The average molecular weight is 224 g/mol. The summed E-state index contributed by atoms with van der Waals surface area (Å²) in [7, 11) is 1.97. The third-order valence-corrected chi connectivity index (χ3v) is 3.11. The molecular formula is C11H20N4O. The van der Waals surface area contributed by atoms with Gasteiger partial charge in [0.1, 0.15) is 0 Å². The standard InChI is InChI=1S/C11H20N4O/c1-3-15(2)11-13-10(16-14-11)9-7-5-4-6-8-12-9/h9,12H,3-8H2,1-2H3. The van der Waals surface area contributed by atoms with Gasteiger partial charge in [-0.2, -0.15) is 4.98 Å². The van der Waals surface area contributed by atoms with Gasteiger partial charge in [-0.3, -0.25) is 0 Å². The van der Waals surface area contributed by atoms with Gasteiger partial charge in [-0.1, -0.05) is 12.8 Å². The fourth-order valence-electron chi connectivity index (χ4n) is 1.90. The normalized spacial score (nSPS) is 21.8. The molecule has 1 unspecified atom stereocenters. The van der Waals surface area contributed by atoms with E-state index in [9.17, 15) is 0 Å². The number of hydrogen-bond donors (Lipinski definition) is 1. The Morgan fingerprint density at radius 3 is 3.12 bits per heavy atom. The molecular weight excluding hydrogens is 204 g/mol. The summed E-state index contributed by atoms with van der Waals surface area (Å²) in [5.74, 6) is 1.42. The predicted octanol–water partition coefficient (Wildman–Crippen LogP) is 1.73. The van der Waals surface area contributed by atoms with Crippen molar-refractivity contribution in [2.75, 3.05) is 25.0 Å². The van der Waals surface area contributed by atoms with Gasteiger partial charge in [-0.25, -0.2) is 0 Å². The van der Waals surface area contributed by atoms with Crippen LogP contribution in [0, 0.1) is 0 Å². The predicted molar refractivity (Wildman–Crippen MR) is 62.5 cm³/mol. The van der Waals surface area contributed by atoms with Crippen molar-refractivity contribution < 1.29 is 4.52 Å². The zero-order valence-corrected chi connectivity index (χ0v) is 10.1. The molecule has 1 aliphatic rings. The molecule has 90 valence electrons. The lowest BCUT2D eigenvalue weighted by molar-refractivity contribution is 0.327. The quantitative estimate of drug-likeness (QED) is 0.847. The zero-order chi connectivity index (χ0) is 11.4. The van der Waals surface area contributed by atoms with Crippen LogP contribution >= 0.6 is 0 Å². The van der Waals surface area contributed by atoms with E-state index in [1.807, 2.05) is 11.9 Å². The van der Waals surface area contributed by atoms with Crippen LogP contribution in [0.15, 0.2) is 4.52 Å². The van der Waals surface area contributed by atoms with E-state index in [2.05, 4.69) is 22.4 Å². The van der Waals surface area contributed by atoms with E-state index in [0.29, 0.717) is 5.95 Å². The molecule has 1 aliphatic heterocycles. The van der Waals surface area contributed by atoms with Crippen LogP contribution in [0.3, 0.4) is 0 Å². The first kappa shape index (κ1) is 11.4. The van der Waals surface area contributed by atoms with E-state index in [-0.39, 0.29) is 6.04 Å². The molecule has 1 fully saturated rings. The molecule has 0 amide bonds. The first-order valence-electron chi connectivity index (χ1n) is 6.09. The van der Waals surface area contributed by atoms with Crippen molar-refractivity contribution in [3.8, 4) is 0 Å². The van der Waals surface area contributed by atoms with Crippen LogP contribution < -0.4 is 10.2 Å². The van der Waals surface area contributed by atoms with E-state index < -0.39 is 0 Å². The Labute approximate surface area is 96.2 Å². The molecule has 0 saturated carbocycles. The Bertz CT molecular complexity index is 318. The molecule has 1 aromatic rings. The van der Waals surface area contributed by atoms with Crippen LogP contribution in [0.25, 0.3) is 0 Å². The highest BCUT2D eigenvalue weighted by Gasteiger charge is 2.20. The SMILES string of the molecule is CCN(C)c1noc(C2CCCCCN2)n1. The lowest BCUT2D eigenvalue weighted by Gasteiger charge is -2.11. The summed E-state index contributed by atoms with van der Waals surface area (Å²) in [5.41, 5.74) is 0. The Morgan fingerprint density at radius 1 is 1.44 bits per heavy atom. The number of nitrogens with zero attached hydrogens (tertiary/aromatic N) is 3. The third kappa shape index (κ3) is 2.52. The summed E-state index contributed by atoms with van der Waals surface area (Å²) in [6, 6.07) is 0.244. The highest BCUT2D eigenvalue weighted by atomic mass is 16.5. The Kier molecular flexibility index (Phi) is 3.77. The van der Waals surface area contributed by atoms with Gasteiger partial charge in [0.2, 0.25) is 5.89 Å². The minimum Gasteiger partial charge on any atom is -0.342 e. The van der Waals surface area contributed by atoms with Gasteiger partial charge in [-0.05, 0) is 31.5 Å². The third-order valence-electron chi connectivity index (χ3n) is 3.11. The fraction of sp³-hybridized carbons (Fsp3) is 0.818. The Morgan fingerprint density at radius 2 is 2.31 bits per heavy atom. The minimum atomic E-state index is 0.244. The maximum absolute atomic E-state index is 5.32. The van der Waals surface area contributed by atoms with Crippen LogP contribution in [0.4, 0.5) is 5.95 Å². The average Bonchev–Trinajstić information content (AvgIpc) is 2.64. The number of nitrogens with one attached hydrogen (secondary N) is 1. The smallest absolute Gasteiger partial charge is 0.265 e. The van der Waals surface area contributed by atoms with Gasteiger partial charge in [-0.15, -0.1) is 0 Å². The highest BCUT2D eigenvalue weighted by Crippen LogP contribution is 2.22. The topological polar surface area (TPSA) is 54.2 Å². The van der Waals surface area contributed by atoms with Crippen molar-refractivity contribution in [1.82, 2.24) is 15.5 Å². The van der Waals surface area contributed by atoms with Gasteiger partial charge in [0.05, 0.1) is 6.04 Å².